The SMILES string of the molecule is N=C(N)c1cc(COCCCc2ccncc2)ccn1. The number of aryl methyl sites for hydroxylation is 1. The highest BCUT2D eigenvalue weighted by Crippen LogP contribution is 2.05. The zero-order chi connectivity index (χ0) is 14.2. The lowest BCUT2D eigenvalue weighted by atomic mass is 10.1. The third-order valence-electron chi connectivity index (χ3n) is 2.87. The fourth-order valence-electron chi connectivity index (χ4n) is 1.83. The molecule has 5 heteroatoms. The average Bonchev–Trinajstić information content (AvgIpc) is 2.48. The summed E-state index contributed by atoms with van der Waals surface area (Å²) in [6.45, 7) is 1.21. The van der Waals surface area contributed by atoms with Gasteiger partial charge in [0.2, 0.25) is 0 Å². The highest BCUT2D eigenvalue weighted by Gasteiger charge is 2.00. The van der Waals surface area contributed by atoms with Crippen LogP contribution in [0.15, 0.2) is 42.9 Å². The van der Waals surface area contributed by atoms with E-state index in [9.17, 15) is 0 Å². The van der Waals surface area contributed by atoms with Crippen LogP contribution in [0, 0.1) is 5.41 Å². The molecule has 0 aliphatic carbocycles. The Hall–Kier alpha value is -2.27. The molecule has 0 saturated heterocycles. The number of hydrogen-bond donors (Lipinski definition) is 2. The van der Waals surface area contributed by atoms with Crippen LogP contribution in [0.2, 0.25) is 0 Å². The number of aromatic nitrogens is 2. The first kappa shape index (κ1) is 14.1. The quantitative estimate of drug-likeness (QED) is 0.457. The molecule has 0 amide bonds. The number of nitrogens with two attached hydrogens (primary N) is 1. The number of amidine groups is 1. The van der Waals surface area contributed by atoms with Gasteiger partial charge in [0.05, 0.1) is 6.61 Å². The first-order valence-electron chi connectivity index (χ1n) is 6.51. The van der Waals surface area contributed by atoms with Gasteiger partial charge in [-0.25, -0.2) is 0 Å². The molecule has 0 fully saturated rings. The van der Waals surface area contributed by atoms with Crippen molar-refractivity contribution in [2.75, 3.05) is 6.61 Å². The Balaban J connectivity index is 1.71. The summed E-state index contributed by atoms with van der Waals surface area (Å²) in [7, 11) is 0. The molecule has 0 spiro atoms. The normalized spacial score (nSPS) is 10.4. The zero-order valence-electron chi connectivity index (χ0n) is 11.2. The van der Waals surface area contributed by atoms with E-state index in [1.54, 1.807) is 24.7 Å². The van der Waals surface area contributed by atoms with Crippen molar-refractivity contribution in [2.45, 2.75) is 19.4 Å². The van der Waals surface area contributed by atoms with Gasteiger partial charge in [-0.15, -0.1) is 0 Å². The summed E-state index contributed by atoms with van der Waals surface area (Å²) in [4.78, 5) is 8.00. The van der Waals surface area contributed by atoms with Crippen LogP contribution in [0.4, 0.5) is 0 Å². The monoisotopic (exact) mass is 270 g/mol. The topological polar surface area (TPSA) is 84.9 Å². The van der Waals surface area contributed by atoms with Gasteiger partial charge in [-0.2, -0.15) is 0 Å². The second kappa shape index (κ2) is 7.35. The molecule has 5 nitrogen and oxygen atoms in total. The molecule has 2 rings (SSSR count). The maximum Gasteiger partial charge on any atom is 0.141 e. The number of hydrogen-bond acceptors (Lipinski definition) is 4. The van der Waals surface area contributed by atoms with E-state index in [1.807, 2.05) is 18.2 Å². The van der Waals surface area contributed by atoms with Crippen LogP contribution in [0.5, 0.6) is 0 Å². The third-order valence-corrected chi connectivity index (χ3v) is 2.87. The minimum atomic E-state index is -0.0236. The van der Waals surface area contributed by atoms with Crippen LogP contribution in [0.3, 0.4) is 0 Å². The van der Waals surface area contributed by atoms with Gasteiger partial charge in [0.25, 0.3) is 0 Å². The van der Waals surface area contributed by atoms with Crippen molar-refractivity contribution in [1.82, 2.24) is 9.97 Å². The van der Waals surface area contributed by atoms with Crippen molar-refractivity contribution in [3.8, 4) is 0 Å². The van der Waals surface area contributed by atoms with Gasteiger partial charge in [0, 0.05) is 25.2 Å². The predicted octanol–water partition coefficient (Wildman–Crippen LogP) is 1.91. The summed E-state index contributed by atoms with van der Waals surface area (Å²) in [5.74, 6) is -0.0236. The molecule has 0 unspecified atom stereocenters. The molecule has 0 radical (unpaired) electrons. The molecular formula is C15H18N4O. The summed E-state index contributed by atoms with van der Waals surface area (Å²) in [5.41, 5.74) is 8.14. The van der Waals surface area contributed by atoms with Crippen LogP contribution in [0.25, 0.3) is 0 Å². The van der Waals surface area contributed by atoms with Crippen molar-refractivity contribution in [3.05, 3.63) is 59.7 Å². The van der Waals surface area contributed by atoms with Gasteiger partial charge in [-0.1, -0.05) is 0 Å². The molecule has 2 aromatic rings. The molecule has 104 valence electrons. The molecule has 0 aliphatic heterocycles. The summed E-state index contributed by atoms with van der Waals surface area (Å²) >= 11 is 0. The number of ether oxygens (including phenoxy) is 1. The van der Waals surface area contributed by atoms with Gasteiger partial charge in [0.15, 0.2) is 0 Å². The van der Waals surface area contributed by atoms with Crippen molar-refractivity contribution < 1.29 is 4.74 Å². The van der Waals surface area contributed by atoms with Crippen LogP contribution in [0.1, 0.15) is 23.2 Å². The zero-order valence-corrected chi connectivity index (χ0v) is 11.2. The summed E-state index contributed by atoms with van der Waals surface area (Å²) < 4.78 is 5.62. The molecule has 3 N–H and O–H groups in total. The fraction of sp³-hybridized carbons (Fsp3) is 0.267. The minimum absolute atomic E-state index is 0.0236. The second-order valence-electron chi connectivity index (χ2n) is 4.47. The second-order valence-corrected chi connectivity index (χ2v) is 4.47. The Morgan fingerprint density at radius 3 is 2.65 bits per heavy atom. The Morgan fingerprint density at radius 1 is 1.15 bits per heavy atom. The van der Waals surface area contributed by atoms with Crippen LogP contribution >= 0.6 is 0 Å². The Kier molecular flexibility index (Phi) is 5.20. The van der Waals surface area contributed by atoms with E-state index in [1.165, 1.54) is 5.56 Å². The fourth-order valence-corrected chi connectivity index (χ4v) is 1.83. The van der Waals surface area contributed by atoms with Crippen molar-refractivity contribution in [1.29, 1.82) is 5.41 Å². The average molecular weight is 270 g/mol. The van der Waals surface area contributed by atoms with Crippen molar-refractivity contribution >= 4 is 5.84 Å². The number of pyridine rings is 2. The third kappa shape index (κ3) is 4.44. The molecular weight excluding hydrogens is 252 g/mol. The number of rotatable bonds is 7. The molecule has 0 aliphatic rings. The highest BCUT2D eigenvalue weighted by molar-refractivity contribution is 5.93. The lowest BCUT2D eigenvalue weighted by Gasteiger charge is -2.06. The molecule has 0 aromatic carbocycles. The van der Waals surface area contributed by atoms with E-state index in [0.717, 1.165) is 18.4 Å². The van der Waals surface area contributed by atoms with E-state index < -0.39 is 0 Å². The van der Waals surface area contributed by atoms with E-state index in [2.05, 4.69) is 9.97 Å². The minimum Gasteiger partial charge on any atom is -0.382 e. The Morgan fingerprint density at radius 2 is 1.90 bits per heavy atom. The molecule has 2 aromatic heterocycles. The van der Waals surface area contributed by atoms with Crippen molar-refractivity contribution in [2.24, 2.45) is 5.73 Å². The van der Waals surface area contributed by atoms with E-state index in [0.29, 0.717) is 18.9 Å². The van der Waals surface area contributed by atoms with Crippen LogP contribution < -0.4 is 5.73 Å². The Labute approximate surface area is 118 Å². The summed E-state index contributed by atoms with van der Waals surface area (Å²) in [5, 5.41) is 7.34. The van der Waals surface area contributed by atoms with Crippen LogP contribution in [-0.4, -0.2) is 22.4 Å². The first-order valence-corrected chi connectivity index (χ1v) is 6.51. The van der Waals surface area contributed by atoms with Gasteiger partial charge >= 0.3 is 0 Å². The molecule has 0 atom stereocenters. The van der Waals surface area contributed by atoms with E-state index in [-0.39, 0.29) is 5.84 Å². The maximum absolute atomic E-state index is 7.34. The summed E-state index contributed by atoms with van der Waals surface area (Å²) in [6.07, 6.45) is 7.20. The molecule has 20 heavy (non-hydrogen) atoms. The van der Waals surface area contributed by atoms with Crippen LogP contribution in [-0.2, 0) is 17.8 Å². The Bertz CT molecular complexity index is 557. The first-order chi connectivity index (χ1) is 9.75. The standard InChI is InChI=1S/C15H18N4O/c16-15(17)14-10-13(5-8-19-14)11-20-9-1-2-12-3-6-18-7-4-12/h3-8,10H,1-2,9,11H2,(H3,16,17). The number of nitrogens with zero attached hydrogens (tertiary/aromatic N) is 2. The van der Waals surface area contributed by atoms with Gasteiger partial charge in [-0.3, -0.25) is 15.4 Å². The lowest BCUT2D eigenvalue weighted by molar-refractivity contribution is 0.118. The largest absolute Gasteiger partial charge is 0.382 e. The summed E-state index contributed by atoms with van der Waals surface area (Å²) in [6, 6.07) is 7.69. The van der Waals surface area contributed by atoms with E-state index >= 15 is 0 Å². The van der Waals surface area contributed by atoms with Gasteiger partial charge in [-0.05, 0) is 48.2 Å². The van der Waals surface area contributed by atoms with E-state index in [4.69, 9.17) is 15.9 Å². The molecule has 0 saturated carbocycles. The smallest absolute Gasteiger partial charge is 0.141 e. The predicted molar refractivity (Wildman–Crippen MR) is 77.5 cm³/mol. The van der Waals surface area contributed by atoms with Gasteiger partial charge in [0.1, 0.15) is 11.5 Å². The maximum atomic E-state index is 7.34. The lowest BCUT2D eigenvalue weighted by Crippen LogP contribution is -2.13. The number of nitrogens with one attached hydrogen (secondary N) is 1. The molecule has 2 heterocycles. The molecule has 0 bridgehead atoms. The highest BCUT2D eigenvalue weighted by atomic mass is 16.5. The van der Waals surface area contributed by atoms with Crippen molar-refractivity contribution in [3.63, 3.8) is 0 Å². The number of nitrogen functional groups attached to an aromatic ring is 1. The van der Waals surface area contributed by atoms with Gasteiger partial charge < -0.3 is 10.5 Å².